The molecule has 0 aromatic heterocycles. The van der Waals surface area contributed by atoms with Gasteiger partial charge in [0.25, 0.3) is 0 Å². The Balaban J connectivity index is 2.00. The average Bonchev–Trinajstić information content (AvgIpc) is 2.68. The van der Waals surface area contributed by atoms with Crippen molar-refractivity contribution in [3.05, 3.63) is 0 Å². The molecule has 2 nitrogen and oxygen atoms in total. The van der Waals surface area contributed by atoms with Crippen LogP contribution in [0.2, 0.25) is 0 Å². The van der Waals surface area contributed by atoms with E-state index < -0.39 is 0 Å². The van der Waals surface area contributed by atoms with E-state index in [0.29, 0.717) is 17.0 Å². The van der Waals surface area contributed by atoms with Gasteiger partial charge in [0.1, 0.15) is 0 Å². The van der Waals surface area contributed by atoms with Gasteiger partial charge in [0.05, 0.1) is 0 Å². The molecule has 2 aliphatic rings. The highest BCUT2D eigenvalue weighted by Gasteiger charge is 2.39. The summed E-state index contributed by atoms with van der Waals surface area (Å²) in [4.78, 5) is 2.78. The molecule has 1 N–H and O–H groups in total. The van der Waals surface area contributed by atoms with E-state index in [1.165, 1.54) is 64.6 Å². The summed E-state index contributed by atoms with van der Waals surface area (Å²) in [6.07, 6.45) is 9.95. The fourth-order valence-corrected chi connectivity index (χ4v) is 3.97. The lowest BCUT2D eigenvalue weighted by Gasteiger charge is -2.44. The number of rotatable bonds is 5. The topological polar surface area (TPSA) is 15.3 Å². The van der Waals surface area contributed by atoms with Crippen molar-refractivity contribution in [2.75, 3.05) is 19.6 Å². The summed E-state index contributed by atoms with van der Waals surface area (Å²) in [5.41, 5.74) is 0.979. The molecule has 2 heteroatoms. The minimum atomic E-state index is 0.433. The van der Waals surface area contributed by atoms with Crippen molar-refractivity contribution in [3.8, 4) is 0 Å². The van der Waals surface area contributed by atoms with Crippen molar-refractivity contribution < 1.29 is 0 Å². The van der Waals surface area contributed by atoms with Gasteiger partial charge in [-0.1, -0.05) is 33.1 Å². The van der Waals surface area contributed by atoms with Gasteiger partial charge < -0.3 is 5.32 Å². The second kappa shape index (κ2) is 6.13. The fraction of sp³-hybridized carbons (Fsp3) is 1.00. The van der Waals surface area contributed by atoms with Gasteiger partial charge in [0.15, 0.2) is 0 Å². The lowest BCUT2D eigenvalue weighted by atomic mass is 9.73. The van der Waals surface area contributed by atoms with Crippen molar-refractivity contribution in [3.63, 3.8) is 0 Å². The molecule has 1 saturated heterocycles. The molecule has 0 bridgehead atoms. The van der Waals surface area contributed by atoms with Crippen molar-refractivity contribution in [2.45, 2.75) is 84.2 Å². The molecule has 1 heterocycles. The Morgan fingerprint density at radius 2 is 1.68 bits per heavy atom. The number of hydrogen-bond donors (Lipinski definition) is 1. The van der Waals surface area contributed by atoms with Crippen LogP contribution in [0.25, 0.3) is 0 Å². The third-order valence-corrected chi connectivity index (χ3v) is 5.40. The number of hydrogen-bond acceptors (Lipinski definition) is 2. The van der Waals surface area contributed by atoms with Crippen LogP contribution in [0.15, 0.2) is 0 Å². The van der Waals surface area contributed by atoms with Crippen molar-refractivity contribution >= 4 is 0 Å². The molecule has 0 amide bonds. The Labute approximate surface area is 120 Å². The first-order valence-corrected chi connectivity index (χ1v) is 8.42. The summed E-state index contributed by atoms with van der Waals surface area (Å²) < 4.78 is 0. The van der Waals surface area contributed by atoms with Gasteiger partial charge in [-0.25, -0.2) is 0 Å². The molecule has 2 fully saturated rings. The molecule has 0 aromatic carbocycles. The second-order valence-corrected chi connectivity index (χ2v) is 7.93. The summed E-state index contributed by atoms with van der Waals surface area (Å²) in [5.74, 6) is 0. The second-order valence-electron chi connectivity index (χ2n) is 7.93. The normalized spacial score (nSPS) is 27.0. The highest BCUT2D eigenvalue weighted by molar-refractivity contribution is 4.95. The molecule has 19 heavy (non-hydrogen) atoms. The fourth-order valence-electron chi connectivity index (χ4n) is 3.97. The lowest BCUT2D eigenvalue weighted by molar-refractivity contribution is 0.0640. The predicted octanol–water partition coefficient (Wildman–Crippen LogP) is 3.81. The van der Waals surface area contributed by atoms with E-state index in [-0.39, 0.29) is 0 Å². The van der Waals surface area contributed by atoms with Crippen LogP contribution in [-0.2, 0) is 0 Å². The van der Waals surface area contributed by atoms with Crippen LogP contribution >= 0.6 is 0 Å². The predicted molar refractivity (Wildman–Crippen MR) is 83.5 cm³/mol. The molecule has 0 spiro atoms. The van der Waals surface area contributed by atoms with Gasteiger partial charge in [0, 0.05) is 24.7 Å². The van der Waals surface area contributed by atoms with E-state index in [0.717, 1.165) is 0 Å². The highest BCUT2D eigenvalue weighted by Crippen LogP contribution is 2.40. The maximum absolute atomic E-state index is 3.73. The molecular formula is C17H34N2. The Morgan fingerprint density at radius 1 is 1.00 bits per heavy atom. The number of nitrogens with zero attached hydrogens (tertiary/aromatic N) is 1. The monoisotopic (exact) mass is 266 g/mol. The average molecular weight is 266 g/mol. The molecule has 1 aliphatic heterocycles. The third-order valence-electron chi connectivity index (χ3n) is 5.40. The van der Waals surface area contributed by atoms with E-state index in [1.807, 2.05) is 0 Å². The Morgan fingerprint density at radius 3 is 2.21 bits per heavy atom. The zero-order chi connectivity index (χ0) is 13.9. The van der Waals surface area contributed by atoms with Gasteiger partial charge in [-0.3, -0.25) is 4.90 Å². The molecule has 2 rings (SSSR count). The first-order chi connectivity index (χ1) is 8.94. The molecule has 1 aliphatic carbocycles. The quantitative estimate of drug-likeness (QED) is 0.814. The van der Waals surface area contributed by atoms with E-state index in [1.54, 1.807) is 0 Å². The molecule has 0 radical (unpaired) electrons. The summed E-state index contributed by atoms with van der Waals surface area (Å²) >= 11 is 0. The highest BCUT2D eigenvalue weighted by atomic mass is 15.2. The number of nitrogens with one attached hydrogen (secondary N) is 1. The summed E-state index contributed by atoms with van der Waals surface area (Å²) in [6.45, 7) is 13.3. The third kappa shape index (κ3) is 3.95. The van der Waals surface area contributed by atoms with E-state index in [2.05, 4.69) is 37.9 Å². The molecular weight excluding hydrogens is 232 g/mol. The van der Waals surface area contributed by atoms with Crippen LogP contribution in [-0.4, -0.2) is 36.1 Å². The maximum atomic E-state index is 3.73. The molecule has 112 valence electrons. The van der Waals surface area contributed by atoms with Gasteiger partial charge in [-0.05, 0) is 51.5 Å². The molecule has 1 saturated carbocycles. The van der Waals surface area contributed by atoms with E-state index >= 15 is 0 Å². The Kier molecular flexibility index (Phi) is 4.94. The molecule has 0 aromatic rings. The number of likely N-dealkylation sites (tertiary alicyclic amines) is 1. The smallest absolute Gasteiger partial charge is 0.0153 e. The SMILES string of the molecule is CC(C)NCC1(CN2CCCC2(C)C)CCCCC1. The summed E-state index contributed by atoms with van der Waals surface area (Å²) in [6, 6.07) is 0.616. The van der Waals surface area contributed by atoms with Crippen molar-refractivity contribution in [1.29, 1.82) is 0 Å². The first kappa shape index (κ1) is 15.3. The molecule has 0 atom stereocenters. The Hall–Kier alpha value is -0.0800. The van der Waals surface area contributed by atoms with Crippen molar-refractivity contribution in [1.82, 2.24) is 10.2 Å². The van der Waals surface area contributed by atoms with E-state index in [4.69, 9.17) is 0 Å². The standard InChI is InChI=1S/C17H34N2/c1-15(2)18-13-17(10-6-5-7-11-17)14-19-12-8-9-16(19,3)4/h15,18H,5-14H2,1-4H3. The van der Waals surface area contributed by atoms with Crippen LogP contribution in [0, 0.1) is 5.41 Å². The minimum Gasteiger partial charge on any atom is -0.314 e. The molecule has 0 unspecified atom stereocenters. The van der Waals surface area contributed by atoms with Gasteiger partial charge in [-0.2, -0.15) is 0 Å². The van der Waals surface area contributed by atoms with Crippen molar-refractivity contribution in [2.24, 2.45) is 5.41 Å². The van der Waals surface area contributed by atoms with Crippen LogP contribution in [0.4, 0.5) is 0 Å². The zero-order valence-electron chi connectivity index (χ0n) is 13.6. The Bertz CT molecular complexity index is 277. The summed E-state index contributed by atoms with van der Waals surface area (Å²) in [5, 5.41) is 3.73. The lowest BCUT2D eigenvalue weighted by Crippen LogP contribution is -2.50. The van der Waals surface area contributed by atoms with Crippen LogP contribution in [0.3, 0.4) is 0 Å². The van der Waals surface area contributed by atoms with Gasteiger partial charge in [-0.15, -0.1) is 0 Å². The van der Waals surface area contributed by atoms with Crippen LogP contribution in [0.1, 0.15) is 72.6 Å². The largest absolute Gasteiger partial charge is 0.314 e. The summed E-state index contributed by atoms with van der Waals surface area (Å²) in [7, 11) is 0. The van der Waals surface area contributed by atoms with Gasteiger partial charge >= 0.3 is 0 Å². The van der Waals surface area contributed by atoms with Gasteiger partial charge in [0.2, 0.25) is 0 Å². The van der Waals surface area contributed by atoms with Crippen LogP contribution in [0.5, 0.6) is 0 Å². The van der Waals surface area contributed by atoms with Crippen LogP contribution < -0.4 is 5.32 Å². The minimum absolute atomic E-state index is 0.433. The maximum Gasteiger partial charge on any atom is 0.0153 e. The van der Waals surface area contributed by atoms with E-state index in [9.17, 15) is 0 Å². The zero-order valence-corrected chi connectivity index (χ0v) is 13.6. The first-order valence-electron chi connectivity index (χ1n) is 8.42.